The van der Waals surface area contributed by atoms with Gasteiger partial charge in [0, 0.05) is 12.1 Å². The molecular weight excluding hydrogens is 349 g/mol. The molecule has 0 fully saturated rings. The molecule has 0 aliphatic heterocycles. The van der Waals surface area contributed by atoms with Crippen molar-refractivity contribution in [3.63, 3.8) is 0 Å². The number of nitrogen functional groups attached to an aromatic ring is 1. The van der Waals surface area contributed by atoms with Crippen molar-refractivity contribution in [3.05, 3.63) is 40.1 Å². The molecule has 0 atom stereocenters. The Bertz CT molecular complexity index is 818. The molecule has 0 aliphatic carbocycles. The van der Waals surface area contributed by atoms with Gasteiger partial charge in [-0.15, -0.1) is 13.2 Å². The van der Waals surface area contributed by atoms with Gasteiger partial charge in [-0.2, -0.15) is 5.10 Å². The Labute approximate surface area is 137 Å². The third-order valence-corrected chi connectivity index (χ3v) is 2.91. The van der Waals surface area contributed by atoms with Crippen molar-refractivity contribution < 1.29 is 32.4 Å². The number of carbonyl (C=O) groups excluding carboxylic acids is 1. The molecule has 2 N–H and O–H groups in total. The summed E-state index contributed by atoms with van der Waals surface area (Å²) < 4.78 is 46.3. The van der Waals surface area contributed by atoms with Gasteiger partial charge in [-0.05, 0) is 13.0 Å². The number of aromatic nitrogens is 2. The average molecular weight is 360 g/mol. The Balaban J connectivity index is 2.55. The quantitative estimate of drug-likeness (QED) is 0.493. The minimum atomic E-state index is -4.99. The minimum absolute atomic E-state index is 0.0541. The van der Waals surface area contributed by atoms with Gasteiger partial charge in [0.15, 0.2) is 0 Å². The van der Waals surface area contributed by atoms with E-state index in [0.29, 0.717) is 0 Å². The highest BCUT2D eigenvalue weighted by Gasteiger charge is 2.32. The van der Waals surface area contributed by atoms with Gasteiger partial charge < -0.3 is 15.2 Å². The second-order valence-electron chi connectivity index (χ2n) is 4.53. The van der Waals surface area contributed by atoms with Gasteiger partial charge in [0.05, 0.1) is 17.7 Å². The summed E-state index contributed by atoms with van der Waals surface area (Å²) in [5.74, 6) is -1.86. The number of hydrogen-bond donors (Lipinski definition) is 1. The predicted octanol–water partition coefficient (Wildman–Crippen LogP) is 2.44. The Hall–Kier alpha value is -3.31. The highest BCUT2D eigenvalue weighted by atomic mass is 19.4. The van der Waals surface area contributed by atoms with Crippen molar-refractivity contribution in [2.75, 3.05) is 12.3 Å². The molecule has 0 spiro atoms. The average Bonchev–Trinajstić information content (AvgIpc) is 2.87. The molecule has 1 aromatic heterocycles. The fraction of sp³-hybridized carbons (Fsp3) is 0.231. The maximum absolute atomic E-state index is 12.3. The van der Waals surface area contributed by atoms with Crippen LogP contribution in [0, 0.1) is 10.1 Å². The van der Waals surface area contributed by atoms with Crippen LogP contribution in [0.2, 0.25) is 0 Å². The summed E-state index contributed by atoms with van der Waals surface area (Å²) in [6, 6.07) is 2.33. The zero-order chi connectivity index (χ0) is 18.8. The summed E-state index contributed by atoms with van der Waals surface area (Å²) >= 11 is 0. The van der Waals surface area contributed by atoms with Crippen LogP contribution in [0.1, 0.15) is 17.3 Å². The zero-order valence-electron chi connectivity index (χ0n) is 12.6. The van der Waals surface area contributed by atoms with Crippen LogP contribution in [-0.2, 0) is 4.74 Å². The number of alkyl halides is 3. The number of halogens is 3. The number of nitrogens with zero attached hydrogens (tertiary/aromatic N) is 3. The first-order valence-electron chi connectivity index (χ1n) is 6.69. The Morgan fingerprint density at radius 1 is 1.44 bits per heavy atom. The molecule has 2 rings (SSSR count). The number of nitro groups is 1. The van der Waals surface area contributed by atoms with Gasteiger partial charge in [0.2, 0.25) is 0 Å². The number of hydrogen-bond acceptors (Lipinski definition) is 7. The Morgan fingerprint density at radius 2 is 2.12 bits per heavy atom. The maximum Gasteiger partial charge on any atom is 0.573 e. The van der Waals surface area contributed by atoms with Crippen molar-refractivity contribution in [2.45, 2.75) is 13.3 Å². The van der Waals surface area contributed by atoms with Crippen LogP contribution in [0.5, 0.6) is 5.75 Å². The van der Waals surface area contributed by atoms with E-state index in [1.807, 2.05) is 0 Å². The third kappa shape index (κ3) is 3.97. The molecule has 0 amide bonds. The number of benzene rings is 1. The largest absolute Gasteiger partial charge is 0.573 e. The minimum Gasteiger partial charge on any atom is -0.462 e. The van der Waals surface area contributed by atoms with Crippen LogP contribution in [0.4, 0.5) is 24.7 Å². The molecule has 0 saturated carbocycles. The van der Waals surface area contributed by atoms with Gasteiger partial charge in [-0.1, -0.05) is 0 Å². The van der Waals surface area contributed by atoms with Crippen LogP contribution in [0.25, 0.3) is 5.69 Å². The molecule has 0 aliphatic rings. The van der Waals surface area contributed by atoms with E-state index in [9.17, 15) is 28.1 Å². The summed E-state index contributed by atoms with van der Waals surface area (Å²) in [6.07, 6.45) is -3.99. The molecule has 1 heterocycles. The zero-order valence-corrected chi connectivity index (χ0v) is 12.6. The molecule has 0 unspecified atom stereocenters. The first-order valence-corrected chi connectivity index (χ1v) is 6.69. The molecule has 0 saturated heterocycles. The smallest absolute Gasteiger partial charge is 0.462 e. The van der Waals surface area contributed by atoms with E-state index >= 15 is 0 Å². The van der Waals surface area contributed by atoms with Gasteiger partial charge in [0.1, 0.15) is 22.8 Å². The lowest BCUT2D eigenvalue weighted by Crippen LogP contribution is -2.17. The molecule has 0 radical (unpaired) electrons. The number of anilines is 1. The van der Waals surface area contributed by atoms with Crippen molar-refractivity contribution in [1.82, 2.24) is 9.78 Å². The molecule has 2 aromatic rings. The molecule has 0 bridgehead atoms. The predicted molar refractivity (Wildman–Crippen MR) is 77.3 cm³/mol. The highest BCUT2D eigenvalue weighted by Crippen LogP contribution is 2.32. The van der Waals surface area contributed by atoms with Gasteiger partial charge in [0.25, 0.3) is 5.69 Å². The first-order chi connectivity index (χ1) is 11.6. The Morgan fingerprint density at radius 3 is 2.68 bits per heavy atom. The number of nitro benzene ring substituents is 1. The van der Waals surface area contributed by atoms with Gasteiger partial charge >= 0.3 is 12.3 Å². The second kappa shape index (κ2) is 6.67. The van der Waals surface area contributed by atoms with E-state index < -0.39 is 34.4 Å². The topological polar surface area (TPSA) is 123 Å². The number of esters is 1. The number of ether oxygens (including phenoxy) is 2. The molecule has 134 valence electrons. The Kier molecular flexibility index (Phi) is 4.81. The van der Waals surface area contributed by atoms with E-state index in [2.05, 4.69) is 9.84 Å². The maximum atomic E-state index is 12.3. The SMILES string of the molecule is CCOC(=O)c1cnn(-c2cc(OC(F)(F)F)ccc2[N+](=O)[O-])c1N. The van der Waals surface area contributed by atoms with E-state index in [0.717, 1.165) is 29.1 Å². The summed E-state index contributed by atoms with van der Waals surface area (Å²) in [7, 11) is 0. The van der Waals surface area contributed by atoms with Gasteiger partial charge in [-0.3, -0.25) is 10.1 Å². The fourth-order valence-electron chi connectivity index (χ4n) is 1.94. The van der Waals surface area contributed by atoms with Crippen LogP contribution in [0.3, 0.4) is 0 Å². The van der Waals surface area contributed by atoms with E-state index in [1.165, 1.54) is 0 Å². The lowest BCUT2D eigenvalue weighted by molar-refractivity contribution is -0.384. The van der Waals surface area contributed by atoms with Gasteiger partial charge in [-0.25, -0.2) is 9.48 Å². The van der Waals surface area contributed by atoms with Crippen LogP contribution in [0.15, 0.2) is 24.4 Å². The number of carbonyl (C=O) groups is 1. The third-order valence-electron chi connectivity index (χ3n) is 2.91. The molecule has 1 aromatic carbocycles. The molecule has 25 heavy (non-hydrogen) atoms. The van der Waals surface area contributed by atoms with E-state index in [-0.39, 0.29) is 18.0 Å². The lowest BCUT2D eigenvalue weighted by atomic mass is 10.2. The van der Waals surface area contributed by atoms with Crippen molar-refractivity contribution in [2.24, 2.45) is 0 Å². The van der Waals surface area contributed by atoms with E-state index in [4.69, 9.17) is 10.5 Å². The summed E-state index contributed by atoms with van der Waals surface area (Å²) in [5.41, 5.74) is 4.56. The normalized spacial score (nSPS) is 11.2. The summed E-state index contributed by atoms with van der Waals surface area (Å²) in [6.45, 7) is 1.61. The lowest BCUT2D eigenvalue weighted by Gasteiger charge is -2.11. The highest BCUT2D eigenvalue weighted by molar-refractivity contribution is 5.94. The number of nitrogens with two attached hydrogens (primary N) is 1. The summed E-state index contributed by atoms with van der Waals surface area (Å²) in [5, 5.41) is 14.8. The van der Waals surface area contributed by atoms with Crippen molar-refractivity contribution >= 4 is 17.5 Å². The van der Waals surface area contributed by atoms with Crippen molar-refractivity contribution in [3.8, 4) is 11.4 Å². The first kappa shape index (κ1) is 18.0. The van der Waals surface area contributed by atoms with Crippen LogP contribution >= 0.6 is 0 Å². The molecular formula is C13H11F3N4O5. The molecule has 9 nitrogen and oxygen atoms in total. The number of rotatable bonds is 5. The summed E-state index contributed by atoms with van der Waals surface area (Å²) in [4.78, 5) is 22.0. The standard InChI is InChI=1S/C13H11F3N4O5/c1-2-24-12(21)8-6-18-19(11(8)17)10-5-7(25-13(14,15)16)3-4-9(10)20(22)23/h3-6H,2,17H2,1H3. The van der Waals surface area contributed by atoms with E-state index in [1.54, 1.807) is 6.92 Å². The fourth-order valence-corrected chi connectivity index (χ4v) is 1.94. The van der Waals surface area contributed by atoms with Crippen molar-refractivity contribution in [1.29, 1.82) is 0 Å². The van der Waals surface area contributed by atoms with Crippen LogP contribution in [-0.4, -0.2) is 33.6 Å². The van der Waals surface area contributed by atoms with Crippen LogP contribution < -0.4 is 10.5 Å². The monoisotopic (exact) mass is 360 g/mol. The molecule has 12 heteroatoms. The second-order valence-corrected chi connectivity index (χ2v) is 4.53.